The van der Waals surface area contributed by atoms with Gasteiger partial charge < -0.3 is 9.47 Å². The summed E-state index contributed by atoms with van der Waals surface area (Å²) >= 11 is 6.42. The van der Waals surface area contributed by atoms with E-state index in [9.17, 15) is 19.2 Å². The van der Waals surface area contributed by atoms with Crippen LogP contribution in [0.2, 0.25) is 5.02 Å². The molecule has 1 N–H and O–H groups in total. The number of carbonyl (C=O) groups excluding carboxylic acids is 4. The fraction of sp³-hybridized carbons (Fsp3) is 0.185. The molecule has 3 aromatic carbocycles. The highest BCUT2D eigenvalue weighted by molar-refractivity contribution is 6.32. The van der Waals surface area contributed by atoms with Crippen LogP contribution < -0.4 is 19.9 Å². The molecule has 0 saturated heterocycles. The molecule has 0 fully saturated rings. The van der Waals surface area contributed by atoms with Crippen molar-refractivity contribution < 1.29 is 28.7 Å². The molecule has 0 spiro atoms. The molecule has 1 aliphatic rings. The largest absolute Gasteiger partial charge is 0.427 e. The lowest BCUT2D eigenvalue weighted by Crippen LogP contribution is -2.49. The first kappa shape index (κ1) is 24.9. The Kier molecular flexibility index (Phi) is 6.56. The molecular formula is C27H23ClN2O6. The molecule has 0 aliphatic carbocycles. The third kappa shape index (κ3) is 4.20. The number of nitrogens with one attached hydrogen (secondary N) is 1. The van der Waals surface area contributed by atoms with Gasteiger partial charge in [0.25, 0.3) is 5.91 Å². The zero-order chi connectivity index (χ0) is 26.2. The molecule has 184 valence electrons. The van der Waals surface area contributed by atoms with Gasteiger partial charge in [-0.05, 0) is 53.9 Å². The van der Waals surface area contributed by atoms with E-state index in [1.807, 2.05) is 0 Å². The summed E-state index contributed by atoms with van der Waals surface area (Å²) in [5.41, 5.74) is 4.06. The molecule has 36 heavy (non-hydrogen) atoms. The third-order valence-corrected chi connectivity index (χ3v) is 6.29. The van der Waals surface area contributed by atoms with Crippen molar-refractivity contribution in [1.29, 1.82) is 0 Å². The molecule has 0 unspecified atom stereocenters. The lowest BCUT2D eigenvalue weighted by Gasteiger charge is -2.30. The van der Waals surface area contributed by atoms with Crippen LogP contribution in [0.1, 0.15) is 43.0 Å². The van der Waals surface area contributed by atoms with Gasteiger partial charge in [0.1, 0.15) is 16.9 Å². The van der Waals surface area contributed by atoms with E-state index in [4.69, 9.17) is 21.1 Å². The number of benzene rings is 3. The molecule has 1 heterocycles. The number of esters is 2. The van der Waals surface area contributed by atoms with E-state index in [0.29, 0.717) is 44.5 Å². The number of amides is 2. The Balaban J connectivity index is 2.01. The van der Waals surface area contributed by atoms with E-state index < -0.39 is 29.2 Å². The van der Waals surface area contributed by atoms with E-state index in [1.165, 1.54) is 25.8 Å². The minimum absolute atomic E-state index is 0.322. The number of anilines is 1. The maximum absolute atomic E-state index is 14.3. The van der Waals surface area contributed by atoms with Gasteiger partial charge in [0.2, 0.25) is 5.91 Å². The van der Waals surface area contributed by atoms with Gasteiger partial charge in [-0.25, -0.2) is 5.01 Å². The number of hydrogen-bond acceptors (Lipinski definition) is 6. The van der Waals surface area contributed by atoms with Crippen molar-refractivity contribution >= 4 is 41.0 Å². The molecule has 4 rings (SSSR count). The summed E-state index contributed by atoms with van der Waals surface area (Å²) in [6.45, 7) is 5.69. The van der Waals surface area contributed by atoms with Crippen LogP contribution >= 0.6 is 11.6 Å². The third-order valence-electron chi connectivity index (χ3n) is 5.88. The second-order valence-electron chi connectivity index (χ2n) is 8.36. The minimum atomic E-state index is -1.39. The monoisotopic (exact) mass is 506 g/mol. The smallest absolute Gasteiger partial charge is 0.308 e. The molecular weight excluding hydrogens is 484 g/mol. The van der Waals surface area contributed by atoms with E-state index in [1.54, 1.807) is 67.6 Å². The van der Waals surface area contributed by atoms with E-state index in [0.717, 1.165) is 0 Å². The predicted octanol–water partition coefficient (Wildman–Crippen LogP) is 4.23. The number of hydrogen-bond donors (Lipinski definition) is 1. The molecule has 0 saturated carbocycles. The first-order chi connectivity index (χ1) is 17.0. The summed E-state index contributed by atoms with van der Waals surface area (Å²) in [7, 11) is 0. The Hall–Kier alpha value is -4.17. The number of nitrogens with zero attached hydrogens (tertiary/aromatic N) is 1. The number of fused-ring (bicyclic) bond motifs is 1. The zero-order valence-electron chi connectivity index (χ0n) is 20.0. The van der Waals surface area contributed by atoms with Crippen LogP contribution in [0.3, 0.4) is 0 Å². The molecule has 2 amide bonds. The standard InChI is InChI=1S/C27H23ClN2O6/c1-15-24(28)14-13-23-25(15)30(29-16(2)31)26(34)27(23,19-5-9-21(10-6-19)35-17(3)32)20-7-11-22(12-8-20)36-18(4)33/h5-14H,1-4H3,(H,29,31). The number of carbonyl (C=O) groups is 4. The van der Waals surface area contributed by atoms with E-state index >= 15 is 0 Å². The van der Waals surface area contributed by atoms with E-state index in [2.05, 4.69) is 5.43 Å². The van der Waals surface area contributed by atoms with Gasteiger partial charge in [0.05, 0.1) is 5.69 Å². The molecule has 8 nitrogen and oxygen atoms in total. The highest BCUT2D eigenvalue weighted by Gasteiger charge is 2.54. The number of ether oxygens (including phenoxy) is 2. The van der Waals surface area contributed by atoms with Crippen molar-refractivity contribution in [3.63, 3.8) is 0 Å². The molecule has 3 aromatic rings. The van der Waals surface area contributed by atoms with Crippen LogP contribution in [0.25, 0.3) is 0 Å². The maximum Gasteiger partial charge on any atom is 0.308 e. The second-order valence-corrected chi connectivity index (χ2v) is 8.77. The lowest BCUT2D eigenvalue weighted by molar-refractivity contribution is -0.132. The van der Waals surface area contributed by atoms with Crippen molar-refractivity contribution in [2.75, 3.05) is 5.01 Å². The first-order valence-corrected chi connectivity index (χ1v) is 11.4. The molecule has 9 heteroatoms. The van der Waals surface area contributed by atoms with Crippen LogP contribution in [0.5, 0.6) is 11.5 Å². The SMILES string of the molecule is CC(=O)NN1C(=O)C(c2ccc(OC(C)=O)cc2)(c2ccc(OC(C)=O)cc2)c2ccc(Cl)c(C)c21. The minimum Gasteiger partial charge on any atom is -0.427 e. The van der Waals surface area contributed by atoms with Gasteiger partial charge in [-0.15, -0.1) is 0 Å². The Morgan fingerprint density at radius 2 is 1.28 bits per heavy atom. The molecule has 1 aliphatic heterocycles. The van der Waals surface area contributed by atoms with Crippen molar-refractivity contribution in [1.82, 2.24) is 5.43 Å². The zero-order valence-corrected chi connectivity index (χ0v) is 20.8. The number of halogens is 1. The van der Waals surface area contributed by atoms with E-state index in [-0.39, 0.29) is 0 Å². The average molecular weight is 507 g/mol. The normalized spacial score (nSPS) is 13.7. The predicted molar refractivity (Wildman–Crippen MR) is 133 cm³/mol. The van der Waals surface area contributed by atoms with Crippen molar-refractivity contribution in [2.45, 2.75) is 33.1 Å². The fourth-order valence-corrected chi connectivity index (χ4v) is 4.67. The maximum atomic E-state index is 14.3. The number of hydrazine groups is 1. The van der Waals surface area contributed by atoms with Crippen molar-refractivity contribution in [3.05, 3.63) is 87.9 Å². The summed E-state index contributed by atoms with van der Waals surface area (Å²) in [5, 5.41) is 1.65. The van der Waals surface area contributed by atoms with Crippen LogP contribution in [0.4, 0.5) is 5.69 Å². The highest BCUT2D eigenvalue weighted by Crippen LogP contribution is 2.52. The highest BCUT2D eigenvalue weighted by atomic mass is 35.5. The van der Waals surface area contributed by atoms with Gasteiger partial charge in [-0.3, -0.25) is 24.6 Å². The van der Waals surface area contributed by atoms with Crippen molar-refractivity contribution in [2.24, 2.45) is 0 Å². The Labute approximate surface area is 212 Å². The van der Waals surface area contributed by atoms with Gasteiger partial charge in [0.15, 0.2) is 0 Å². The lowest BCUT2D eigenvalue weighted by atomic mass is 9.70. The Bertz CT molecular complexity index is 1320. The van der Waals surface area contributed by atoms with Crippen LogP contribution in [0.15, 0.2) is 60.7 Å². The quantitative estimate of drug-likeness (QED) is 0.410. The van der Waals surface area contributed by atoms with Crippen LogP contribution in [-0.4, -0.2) is 23.8 Å². The summed E-state index contributed by atoms with van der Waals surface area (Å²) in [4.78, 5) is 49.2. The van der Waals surface area contributed by atoms with Gasteiger partial charge in [0, 0.05) is 31.4 Å². The molecule has 0 atom stereocenters. The second kappa shape index (κ2) is 9.47. The van der Waals surface area contributed by atoms with Crippen LogP contribution in [-0.2, 0) is 24.6 Å². The van der Waals surface area contributed by atoms with Gasteiger partial charge in [-0.1, -0.05) is 41.9 Å². The number of rotatable bonds is 5. The fourth-order valence-electron chi connectivity index (χ4n) is 4.52. The summed E-state index contributed by atoms with van der Waals surface area (Å²) in [6.07, 6.45) is 0. The van der Waals surface area contributed by atoms with Gasteiger partial charge in [-0.2, -0.15) is 0 Å². The molecule has 0 aromatic heterocycles. The first-order valence-electron chi connectivity index (χ1n) is 11.0. The Morgan fingerprint density at radius 1 is 0.806 bits per heavy atom. The summed E-state index contributed by atoms with van der Waals surface area (Å²) in [6, 6.07) is 16.6. The average Bonchev–Trinajstić information content (AvgIpc) is 3.05. The molecule has 0 bridgehead atoms. The summed E-state index contributed by atoms with van der Waals surface area (Å²) in [5.74, 6) is -1.16. The Morgan fingerprint density at radius 3 is 1.69 bits per heavy atom. The molecule has 0 radical (unpaired) electrons. The summed E-state index contributed by atoms with van der Waals surface area (Å²) < 4.78 is 10.3. The van der Waals surface area contributed by atoms with Crippen molar-refractivity contribution in [3.8, 4) is 11.5 Å². The van der Waals surface area contributed by atoms with Gasteiger partial charge >= 0.3 is 11.9 Å². The topological polar surface area (TPSA) is 102 Å². The van der Waals surface area contributed by atoms with Crippen LogP contribution in [0, 0.1) is 6.92 Å².